The maximum absolute atomic E-state index is 10.9. The largest absolute Gasteiger partial charge is 0.426 e. The summed E-state index contributed by atoms with van der Waals surface area (Å²) >= 11 is 3.27. The van der Waals surface area contributed by atoms with Crippen LogP contribution in [0, 0.1) is 0 Å². The Balaban J connectivity index is 2.54. The van der Waals surface area contributed by atoms with Crippen molar-refractivity contribution in [3.05, 3.63) is 28.7 Å². The number of hydrogen-bond acceptors (Lipinski definition) is 4. The van der Waals surface area contributed by atoms with E-state index in [1.165, 1.54) is 0 Å². The van der Waals surface area contributed by atoms with E-state index in [2.05, 4.69) is 21.4 Å². The molecular weight excluding hydrogens is 236 g/mol. The highest BCUT2D eigenvalue weighted by atomic mass is 79.9. The van der Waals surface area contributed by atoms with Crippen molar-refractivity contribution in [2.75, 3.05) is 6.54 Å². The molecule has 1 rings (SSSR count). The number of hydrazine groups is 1. The van der Waals surface area contributed by atoms with E-state index in [0.29, 0.717) is 5.75 Å². The Morgan fingerprint density at radius 2 is 2.08 bits per heavy atom. The molecule has 1 aromatic rings. The molecule has 0 aliphatic carbocycles. The van der Waals surface area contributed by atoms with E-state index < -0.39 is 5.97 Å². The average Bonchev–Trinajstić information content (AvgIpc) is 2.09. The summed E-state index contributed by atoms with van der Waals surface area (Å²) in [5, 5.41) is 0. The third kappa shape index (κ3) is 3.54. The minimum Gasteiger partial charge on any atom is -0.426 e. The van der Waals surface area contributed by atoms with Crippen molar-refractivity contribution in [3.63, 3.8) is 0 Å². The molecule has 0 bridgehead atoms. The first-order chi connectivity index (χ1) is 6.22. The van der Waals surface area contributed by atoms with Gasteiger partial charge in [-0.3, -0.25) is 10.6 Å². The number of carbonyl (C=O) groups is 1. The number of ether oxygens (including phenoxy) is 1. The maximum atomic E-state index is 10.9. The van der Waals surface area contributed by atoms with Gasteiger partial charge in [-0.2, -0.15) is 0 Å². The summed E-state index contributed by atoms with van der Waals surface area (Å²) in [7, 11) is 0. The minimum absolute atomic E-state index is 0.00390. The van der Waals surface area contributed by atoms with Gasteiger partial charge in [-0.1, -0.05) is 15.9 Å². The molecule has 0 amide bonds. The molecule has 0 fully saturated rings. The van der Waals surface area contributed by atoms with Crippen molar-refractivity contribution in [1.82, 2.24) is 5.43 Å². The minimum atomic E-state index is -0.412. The van der Waals surface area contributed by atoms with Crippen molar-refractivity contribution in [2.24, 2.45) is 5.84 Å². The zero-order valence-electron chi connectivity index (χ0n) is 6.79. The zero-order chi connectivity index (χ0) is 9.68. The zero-order valence-corrected chi connectivity index (χ0v) is 8.37. The van der Waals surface area contributed by atoms with E-state index in [1.807, 2.05) is 0 Å². The number of nitrogens with two attached hydrogens (primary N) is 1. The van der Waals surface area contributed by atoms with Gasteiger partial charge >= 0.3 is 5.97 Å². The molecule has 0 atom stereocenters. The van der Waals surface area contributed by atoms with E-state index in [1.54, 1.807) is 24.3 Å². The van der Waals surface area contributed by atoms with Gasteiger partial charge in [0.15, 0.2) is 0 Å². The number of halogens is 1. The van der Waals surface area contributed by atoms with Crippen LogP contribution >= 0.6 is 15.9 Å². The smallest absolute Gasteiger partial charge is 0.326 e. The highest BCUT2D eigenvalue weighted by Crippen LogP contribution is 2.15. The van der Waals surface area contributed by atoms with Crippen LogP contribution in [-0.4, -0.2) is 12.5 Å². The topological polar surface area (TPSA) is 64.3 Å². The maximum Gasteiger partial charge on any atom is 0.326 e. The molecule has 1 aromatic carbocycles. The highest BCUT2D eigenvalue weighted by molar-refractivity contribution is 9.10. The number of nitrogens with one attached hydrogen (secondary N) is 1. The predicted molar refractivity (Wildman–Crippen MR) is 52.0 cm³/mol. The van der Waals surface area contributed by atoms with Crippen LogP contribution < -0.4 is 16.0 Å². The summed E-state index contributed by atoms with van der Waals surface area (Å²) in [6, 6.07) is 6.97. The molecule has 0 saturated carbocycles. The Morgan fingerprint density at radius 3 is 2.62 bits per heavy atom. The first-order valence-corrected chi connectivity index (χ1v) is 4.41. The Morgan fingerprint density at radius 1 is 1.46 bits per heavy atom. The molecular formula is C8H9BrN2O2. The Hall–Kier alpha value is -0.910. The number of esters is 1. The van der Waals surface area contributed by atoms with E-state index >= 15 is 0 Å². The third-order valence-electron chi connectivity index (χ3n) is 1.29. The van der Waals surface area contributed by atoms with Crippen LogP contribution in [0.5, 0.6) is 5.75 Å². The fourth-order valence-corrected chi connectivity index (χ4v) is 1.02. The van der Waals surface area contributed by atoms with Gasteiger partial charge in [0, 0.05) is 4.47 Å². The van der Waals surface area contributed by atoms with Gasteiger partial charge < -0.3 is 4.74 Å². The van der Waals surface area contributed by atoms with Crippen LogP contribution in [0.3, 0.4) is 0 Å². The first-order valence-electron chi connectivity index (χ1n) is 3.62. The number of hydrogen-bond donors (Lipinski definition) is 2. The van der Waals surface area contributed by atoms with Crippen LogP contribution in [0.15, 0.2) is 28.7 Å². The molecule has 0 aliphatic heterocycles. The SMILES string of the molecule is NNCC(=O)Oc1ccc(Br)cc1. The van der Waals surface area contributed by atoms with Crippen molar-refractivity contribution >= 4 is 21.9 Å². The molecule has 5 heteroatoms. The van der Waals surface area contributed by atoms with Crippen LogP contribution in [0.1, 0.15) is 0 Å². The lowest BCUT2D eigenvalue weighted by Gasteiger charge is -2.02. The van der Waals surface area contributed by atoms with Crippen molar-refractivity contribution in [3.8, 4) is 5.75 Å². The second-order valence-electron chi connectivity index (χ2n) is 2.31. The molecule has 0 unspecified atom stereocenters. The first kappa shape index (κ1) is 10.2. The summed E-state index contributed by atoms with van der Waals surface area (Å²) < 4.78 is 5.84. The number of rotatable bonds is 3. The van der Waals surface area contributed by atoms with Crippen LogP contribution in [-0.2, 0) is 4.79 Å². The summed E-state index contributed by atoms with van der Waals surface area (Å²) in [5.41, 5.74) is 2.22. The fourth-order valence-electron chi connectivity index (χ4n) is 0.754. The fraction of sp³-hybridized carbons (Fsp3) is 0.125. The van der Waals surface area contributed by atoms with Gasteiger partial charge in [-0.05, 0) is 24.3 Å². The molecule has 70 valence electrons. The predicted octanol–water partition coefficient (Wildman–Crippen LogP) is 0.818. The molecule has 13 heavy (non-hydrogen) atoms. The number of benzene rings is 1. The summed E-state index contributed by atoms with van der Waals surface area (Å²) in [4.78, 5) is 10.9. The van der Waals surface area contributed by atoms with Gasteiger partial charge in [0.25, 0.3) is 0 Å². The van der Waals surface area contributed by atoms with E-state index in [9.17, 15) is 4.79 Å². The molecule has 4 nitrogen and oxygen atoms in total. The molecule has 0 aliphatic rings. The second-order valence-corrected chi connectivity index (χ2v) is 3.22. The molecule has 0 aromatic heterocycles. The van der Waals surface area contributed by atoms with Crippen LogP contribution in [0.2, 0.25) is 0 Å². The normalized spacial score (nSPS) is 9.69. The van der Waals surface area contributed by atoms with E-state index in [4.69, 9.17) is 10.6 Å². The third-order valence-corrected chi connectivity index (χ3v) is 1.82. The highest BCUT2D eigenvalue weighted by Gasteiger charge is 2.01. The Kier molecular flexibility index (Phi) is 3.88. The Labute approximate surface area is 84.2 Å². The summed E-state index contributed by atoms with van der Waals surface area (Å²) in [6.07, 6.45) is 0. The van der Waals surface area contributed by atoms with E-state index in [-0.39, 0.29) is 6.54 Å². The van der Waals surface area contributed by atoms with Crippen molar-refractivity contribution in [1.29, 1.82) is 0 Å². The molecule has 0 saturated heterocycles. The van der Waals surface area contributed by atoms with Gasteiger partial charge in [-0.25, -0.2) is 5.43 Å². The summed E-state index contributed by atoms with van der Waals surface area (Å²) in [6.45, 7) is -0.00390. The summed E-state index contributed by atoms with van der Waals surface area (Å²) in [5.74, 6) is 5.04. The quantitative estimate of drug-likeness (QED) is 0.358. The second kappa shape index (κ2) is 4.96. The lowest BCUT2D eigenvalue weighted by atomic mass is 10.3. The monoisotopic (exact) mass is 244 g/mol. The molecule has 0 heterocycles. The van der Waals surface area contributed by atoms with Gasteiger partial charge in [-0.15, -0.1) is 0 Å². The molecule has 0 radical (unpaired) electrons. The average molecular weight is 245 g/mol. The number of carbonyl (C=O) groups excluding carboxylic acids is 1. The Bertz CT molecular complexity index is 287. The lowest BCUT2D eigenvalue weighted by Crippen LogP contribution is -2.31. The van der Waals surface area contributed by atoms with Gasteiger partial charge in [0.05, 0.1) is 0 Å². The lowest BCUT2D eigenvalue weighted by molar-refractivity contribution is -0.133. The van der Waals surface area contributed by atoms with Crippen molar-refractivity contribution < 1.29 is 9.53 Å². The standard InChI is InChI=1S/C8H9BrN2O2/c9-6-1-3-7(4-2-6)13-8(12)5-11-10/h1-4,11H,5,10H2. The molecule has 3 N–H and O–H groups in total. The van der Waals surface area contributed by atoms with E-state index in [0.717, 1.165) is 4.47 Å². The van der Waals surface area contributed by atoms with Gasteiger partial charge in [0.2, 0.25) is 0 Å². The van der Waals surface area contributed by atoms with Gasteiger partial charge in [0.1, 0.15) is 12.3 Å². The van der Waals surface area contributed by atoms with Crippen LogP contribution in [0.25, 0.3) is 0 Å². The van der Waals surface area contributed by atoms with Crippen molar-refractivity contribution in [2.45, 2.75) is 0 Å². The molecule has 0 spiro atoms. The van der Waals surface area contributed by atoms with Crippen LogP contribution in [0.4, 0.5) is 0 Å².